The highest BCUT2D eigenvalue weighted by Crippen LogP contribution is 2.49. The zero-order valence-corrected chi connectivity index (χ0v) is 18.7. The summed E-state index contributed by atoms with van der Waals surface area (Å²) >= 11 is 0. The van der Waals surface area contributed by atoms with Gasteiger partial charge in [-0.05, 0) is 73.9 Å². The molecule has 7 heteroatoms. The Morgan fingerprint density at radius 2 is 1.97 bits per heavy atom. The van der Waals surface area contributed by atoms with Crippen LogP contribution < -0.4 is 5.32 Å². The second-order valence-corrected chi connectivity index (χ2v) is 9.05. The van der Waals surface area contributed by atoms with Crippen molar-refractivity contribution in [1.29, 1.82) is 0 Å². The molecule has 1 amide bonds. The van der Waals surface area contributed by atoms with Gasteiger partial charge >= 0.3 is 5.97 Å². The fourth-order valence-corrected chi connectivity index (χ4v) is 4.39. The van der Waals surface area contributed by atoms with E-state index in [-0.39, 0.29) is 11.7 Å². The summed E-state index contributed by atoms with van der Waals surface area (Å²) < 4.78 is 21.1. The SMILES string of the molecule is COC(=O)c1cc(NC(=O)C2(c3ccc(C)c(F)c3)CC2)ccc1-c1cnn(C2CCC2)c1. The summed E-state index contributed by atoms with van der Waals surface area (Å²) in [7, 11) is 1.33. The molecule has 1 heterocycles. The highest BCUT2D eigenvalue weighted by molar-refractivity contribution is 6.03. The molecule has 0 aliphatic heterocycles. The van der Waals surface area contributed by atoms with Crippen molar-refractivity contribution in [2.45, 2.75) is 50.5 Å². The molecular formula is C26H26FN3O3. The van der Waals surface area contributed by atoms with Gasteiger partial charge in [0.2, 0.25) is 5.91 Å². The molecule has 2 aliphatic rings. The van der Waals surface area contributed by atoms with Gasteiger partial charge in [-0.25, -0.2) is 9.18 Å². The Bertz CT molecular complexity index is 1240. The Balaban J connectivity index is 1.42. The summed E-state index contributed by atoms with van der Waals surface area (Å²) in [5.41, 5.74) is 2.87. The molecule has 0 spiro atoms. The Hall–Kier alpha value is -3.48. The number of nitrogens with one attached hydrogen (secondary N) is 1. The van der Waals surface area contributed by atoms with E-state index >= 15 is 0 Å². The second kappa shape index (κ2) is 8.14. The molecular weight excluding hydrogens is 421 g/mol. The van der Waals surface area contributed by atoms with Crippen LogP contribution in [-0.4, -0.2) is 28.8 Å². The van der Waals surface area contributed by atoms with Crippen molar-refractivity contribution in [2.75, 3.05) is 12.4 Å². The highest BCUT2D eigenvalue weighted by atomic mass is 19.1. The third kappa shape index (κ3) is 3.81. The molecule has 5 rings (SSSR count). The van der Waals surface area contributed by atoms with E-state index in [2.05, 4.69) is 10.4 Å². The van der Waals surface area contributed by atoms with E-state index in [1.807, 2.05) is 16.9 Å². The minimum atomic E-state index is -0.734. The maximum Gasteiger partial charge on any atom is 0.338 e. The summed E-state index contributed by atoms with van der Waals surface area (Å²) in [6.07, 6.45) is 8.45. The van der Waals surface area contributed by atoms with Gasteiger partial charge in [0.15, 0.2) is 0 Å². The molecule has 2 aromatic carbocycles. The topological polar surface area (TPSA) is 73.2 Å². The van der Waals surface area contributed by atoms with E-state index in [1.165, 1.54) is 19.6 Å². The average Bonchev–Trinajstić information content (AvgIpc) is 3.46. The maximum absolute atomic E-state index is 14.1. The Morgan fingerprint density at radius 3 is 2.61 bits per heavy atom. The monoisotopic (exact) mass is 447 g/mol. The third-order valence-electron chi connectivity index (χ3n) is 6.95. The van der Waals surface area contributed by atoms with Gasteiger partial charge in [-0.2, -0.15) is 5.10 Å². The molecule has 0 unspecified atom stereocenters. The molecule has 0 saturated heterocycles. The number of anilines is 1. The number of rotatable bonds is 6. The first-order valence-electron chi connectivity index (χ1n) is 11.3. The number of nitrogens with zero attached hydrogens (tertiary/aromatic N) is 2. The Labute approximate surface area is 191 Å². The number of aryl methyl sites for hydroxylation is 1. The molecule has 2 aliphatic carbocycles. The number of benzene rings is 2. The first-order valence-corrected chi connectivity index (χ1v) is 11.3. The molecule has 0 radical (unpaired) electrons. The lowest BCUT2D eigenvalue weighted by Crippen LogP contribution is -2.28. The molecule has 1 N–H and O–H groups in total. The fourth-order valence-electron chi connectivity index (χ4n) is 4.39. The minimum Gasteiger partial charge on any atom is -0.465 e. The van der Waals surface area contributed by atoms with E-state index in [0.717, 1.165) is 18.4 Å². The molecule has 1 aromatic heterocycles. The van der Waals surface area contributed by atoms with Gasteiger partial charge in [0.25, 0.3) is 0 Å². The molecule has 3 aromatic rings. The van der Waals surface area contributed by atoms with Crippen LogP contribution in [0.5, 0.6) is 0 Å². The van der Waals surface area contributed by atoms with Crippen LogP contribution in [0.3, 0.4) is 0 Å². The van der Waals surface area contributed by atoms with Crippen LogP contribution in [0.15, 0.2) is 48.8 Å². The lowest BCUT2D eigenvalue weighted by atomic mass is 9.93. The van der Waals surface area contributed by atoms with Crippen molar-refractivity contribution in [3.8, 4) is 11.1 Å². The van der Waals surface area contributed by atoms with Gasteiger partial charge < -0.3 is 10.1 Å². The average molecular weight is 448 g/mol. The zero-order valence-electron chi connectivity index (χ0n) is 18.7. The van der Waals surface area contributed by atoms with E-state index in [0.29, 0.717) is 46.8 Å². The van der Waals surface area contributed by atoms with Crippen LogP contribution >= 0.6 is 0 Å². The Morgan fingerprint density at radius 1 is 1.18 bits per heavy atom. The van der Waals surface area contributed by atoms with Crippen LogP contribution in [0.25, 0.3) is 11.1 Å². The van der Waals surface area contributed by atoms with Gasteiger partial charge in [-0.15, -0.1) is 0 Å². The lowest BCUT2D eigenvalue weighted by molar-refractivity contribution is -0.118. The van der Waals surface area contributed by atoms with E-state index in [4.69, 9.17) is 4.74 Å². The molecule has 2 fully saturated rings. The largest absolute Gasteiger partial charge is 0.465 e. The van der Waals surface area contributed by atoms with Crippen LogP contribution in [-0.2, 0) is 14.9 Å². The molecule has 0 bridgehead atoms. The zero-order chi connectivity index (χ0) is 23.2. The van der Waals surface area contributed by atoms with Gasteiger partial charge in [0, 0.05) is 17.4 Å². The molecule has 6 nitrogen and oxygen atoms in total. The number of halogens is 1. The highest BCUT2D eigenvalue weighted by Gasteiger charge is 2.51. The number of esters is 1. The lowest BCUT2D eigenvalue weighted by Gasteiger charge is -2.25. The van der Waals surface area contributed by atoms with Gasteiger partial charge in [-0.3, -0.25) is 9.48 Å². The fraction of sp³-hybridized carbons (Fsp3) is 0.346. The molecule has 0 atom stereocenters. The Kier molecular flexibility index (Phi) is 5.27. The quantitative estimate of drug-likeness (QED) is 0.529. The predicted molar refractivity (Wildman–Crippen MR) is 123 cm³/mol. The van der Waals surface area contributed by atoms with Crippen LogP contribution in [0.1, 0.15) is 59.6 Å². The van der Waals surface area contributed by atoms with Crippen molar-refractivity contribution >= 4 is 17.6 Å². The van der Waals surface area contributed by atoms with E-state index in [9.17, 15) is 14.0 Å². The molecule has 170 valence electrons. The number of methoxy groups -OCH3 is 1. The summed E-state index contributed by atoms with van der Waals surface area (Å²) in [5.74, 6) is -1.00. The first-order chi connectivity index (χ1) is 15.9. The van der Waals surface area contributed by atoms with Crippen molar-refractivity contribution in [2.24, 2.45) is 0 Å². The van der Waals surface area contributed by atoms with Gasteiger partial charge in [0.1, 0.15) is 5.82 Å². The smallest absolute Gasteiger partial charge is 0.338 e. The minimum absolute atomic E-state index is 0.202. The summed E-state index contributed by atoms with van der Waals surface area (Å²) in [5, 5.41) is 7.39. The van der Waals surface area contributed by atoms with Crippen molar-refractivity contribution in [3.63, 3.8) is 0 Å². The number of hydrogen-bond donors (Lipinski definition) is 1. The van der Waals surface area contributed by atoms with Crippen molar-refractivity contribution in [1.82, 2.24) is 9.78 Å². The predicted octanol–water partition coefficient (Wildman–Crippen LogP) is 5.18. The van der Waals surface area contributed by atoms with Crippen LogP contribution in [0.2, 0.25) is 0 Å². The van der Waals surface area contributed by atoms with Crippen molar-refractivity contribution in [3.05, 3.63) is 71.3 Å². The first kappa shape index (κ1) is 21.4. The number of aromatic nitrogens is 2. The van der Waals surface area contributed by atoms with Crippen LogP contribution in [0, 0.1) is 12.7 Å². The molecule has 2 saturated carbocycles. The maximum atomic E-state index is 14.1. The van der Waals surface area contributed by atoms with Crippen molar-refractivity contribution < 1.29 is 18.7 Å². The number of hydrogen-bond acceptors (Lipinski definition) is 4. The molecule has 33 heavy (non-hydrogen) atoms. The number of carbonyl (C=O) groups is 2. The number of amides is 1. The number of ether oxygens (including phenoxy) is 1. The standard InChI is InChI=1S/C26H26FN3O3/c1-16-6-7-18(12-23(16)27)26(10-11-26)25(32)29-19-8-9-21(22(13-19)24(31)33-2)17-14-28-30(15-17)20-4-3-5-20/h6-9,12-15,20H,3-5,10-11H2,1-2H3,(H,29,32). The van der Waals surface area contributed by atoms with Crippen LogP contribution in [0.4, 0.5) is 10.1 Å². The summed E-state index contributed by atoms with van der Waals surface area (Å²) in [6, 6.07) is 10.6. The van der Waals surface area contributed by atoms with Gasteiger partial charge in [-0.1, -0.05) is 18.2 Å². The number of carbonyl (C=O) groups excluding carboxylic acids is 2. The third-order valence-corrected chi connectivity index (χ3v) is 6.95. The second-order valence-electron chi connectivity index (χ2n) is 9.05. The van der Waals surface area contributed by atoms with Gasteiger partial charge in [0.05, 0.1) is 30.3 Å². The van der Waals surface area contributed by atoms with E-state index < -0.39 is 11.4 Å². The normalized spacial score (nSPS) is 16.7. The summed E-state index contributed by atoms with van der Waals surface area (Å²) in [6.45, 7) is 1.70. The summed E-state index contributed by atoms with van der Waals surface area (Å²) in [4.78, 5) is 25.7. The van der Waals surface area contributed by atoms with E-state index in [1.54, 1.807) is 37.4 Å².